The lowest BCUT2D eigenvalue weighted by Gasteiger charge is -2.06. The lowest BCUT2D eigenvalue weighted by atomic mass is 10.1. The standard InChI is InChI=1S/C11H8ClNO3S/c1-17(15,16)9-5-4-8(11(12)14)10-7(9)3-2-6-13-10/h2-6H,1H3. The van der Waals surface area contributed by atoms with E-state index in [2.05, 4.69) is 4.98 Å². The van der Waals surface area contributed by atoms with Gasteiger partial charge in [-0.2, -0.15) is 0 Å². The summed E-state index contributed by atoms with van der Waals surface area (Å²) >= 11 is 5.42. The van der Waals surface area contributed by atoms with Crippen LogP contribution in [0.3, 0.4) is 0 Å². The number of fused-ring (bicyclic) bond motifs is 1. The zero-order valence-electron chi connectivity index (χ0n) is 8.84. The van der Waals surface area contributed by atoms with Gasteiger partial charge in [0, 0.05) is 17.8 Å². The predicted molar refractivity (Wildman–Crippen MR) is 65.0 cm³/mol. The molecule has 1 aromatic carbocycles. The molecule has 0 N–H and O–H groups in total. The van der Waals surface area contributed by atoms with Crippen LogP contribution in [0.1, 0.15) is 10.4 Å². The fourth-order valence-electron chi connectivity index (χ4n) is 1.63. The van der Waals surface area contributed by atoms with Crippen LogP contribution in [-0.2, 0) is 9.84 Å². The molecule has 1 aromatic heterocycles. The van der Waals surface area contributed by atoms with Crippen LogP contribution < -0.4 is 0 Å². The largest absolute Gasteiger partial charge is 0.276 e. The van der Waals surface area contributed by atoms with Crippen LogP contribution in [0.2, 0.25) is 0 Å². The summed E-state index contributed by atoms with van der Waals surface area (Å²) in [6.45, 7) is 0. The number of halogens is 1. The number of hydrogen-bond acceptors (Lipinski definition) is 4. The van der Waals surface area contributed by atoms with Crippen molar-refractivity contribution in [2.75, 3.05) is 6.26 Å². The molecule has 6 heteroatoms. The summed E-state index contributed by atoms with van der Waals surface area (Å²) in [5.41, 5.74) is 0.505. The molecular formula is C11H8ClNO3S. The summed E-state index contributed by atoms with van der Waals surface area (Å²) in [5, 5.41) is -0.254. The molecule has 88 valence electrons. The van der Waals surface area contributed by atoms with Crippen molar-refractivity contribution < 1.29 is 13.2 Å². The zero-order valence-corrected chi connectivity index (χ0v) is 10.4. The predicted octanol–water partition coefficient (Wildman–Crippen LogP) is 2.02. The normalized spacial score (nSPS) is 11.6. The SMILES string of the molecule is CS(=O)(=O)c1ccc(C(=O)Cl)c2ncccc12. The molecule has 0 spiro atoms. The number of aromatic nitrogens is 1. The van der Waals surface area contributed by atoms with Gasteiger partial charge in [-0.1, -0.05) is 0 Å². The first kappa shape index (κ1) is 12.0. The van der Waals surface area contributed by atoms with E-state index in [1.165, 1.54) is 18.3 Å². The van der Waals surface area contributed by atoms with Gasteiger partial charge in [0.15, 0.2) is 9.84 Å². The summed E-state index contributed by atoms with van der Waals surface area (Å²) in [6, 6.07) is 5.96. The Kier molecular flexibility index (Phi) is 2.89. The summed E-state index contributed by atoms with van der Waals surface area (Å²) in [7, 11) is -3.37. The second-order valence-electron chi connectivity index (χ2n) is 3.56. The van der Waals surface area contributed by atoms with Gasteiger partial charge in [0.1, 0.15) is 0 Å². The number of carbonyl (C=O) groups is 1. The minimum atomic E-state index is -3.37. The number of rotatable bonds is 2. The van der Waals surface area contributed by atoms with Crippen LogP contribution in [0.5, 0.6) is 0 Å². The Bertz CT molecular complexity index is 710. The number of pyridine rings is 1. The third-order valence-electron chi connectivity index (χ3n) is 2.34. The van der Waals surface area contributed by atoms with Crippen molar-refractivity contribution in [1.29, 1.82) is 0 Å². The topological polar surface area (TPSA) is 64.1 Å². The van der Waals surface area contributed by atoms with Gasteiger partial charge in [-0.15, -0.1) is 0 Å². The minimum Gasteiger partial charge on any atom is -0.276 e. The molecule has 0 aliphatic carbocycles. The number of carbonyl (C=O) groups excluding carboxylic acids is 1. The van der Waals surface area contributed by atoms with Gasteiger partial charge in [0.25, 0.3) is 5.24 Å². The van der Waals surface area contributed by atoms with E-state index in [4.69, 9.17) is 11.6 Å². The molecule has 1 heterocycles. The van der Waals surface area contributed by atoms with E-state index < -0.39 is 15.1 Å². The number of sulfone groups is 1. The van der Waals surface area contributed by atoms with Crippen LogP contribution in [0.4, 0.5) is 0 Å². The second-order valence-corrected chi connectivity index (χ2v) is 5.88. The average molecular weight is 270 g/mol. The Morgan fingerprint density at radius 1 is 1.29 bits per heavy atom. The number of nitrogens with zero attached hydrogens (tertiary/aromatic N) is 1. The van der Waals surface area contributed by atoms with Crippen LogP contribution in [0.15, 0.2) is 35.4 Å². The molecule has 0 aliphatic heterocycles. The first-order chi connectivity index (χ1) is 7.91. The fourth-order valence-corrected chi connectivity index (χ4v) is 2.66. The fraction of sp³-hybridized carbons (Fsp3) is 0.0909. The molecule has 17 heavy (non-hydrogen) atoms. The van der Waals surface area contributed by atoms with Crippen molar-refractivity contribution in [3.05, 3.63) is 36.0 Å². The lowest BCUT2D eigenvalue weighted by molar-refractivity contribution is 0.108. The van der Waals surface area contributed by atoms with Gasteiger partial charge in [-0.05, 0) is 35.9 Å². The molecule has 0 aliphatic rings. The Morgan fingerprint density at radius 2 is 2.00 bits per heavy atom. The third-order valence-corrected chi connectivity index (χ3v) is 3.70. The first-order valence-electron chi connectivity index (χ1n) is 4.69. The van der Waals surface area contributed by atoms with Gasteiger partial charge >= 0.3 is 0 Å². The Morgan fingerprint density at radius 3 is 2.59 bits per heavy atom. The average Bonchev–Trinajstić information content (AvgIpc) is 2.26. The van der Waals surface area contributed by atoms with Crippen molar-refractivity contribution >= 4 is 37.6 Å². The quantitative estimate of drug-likeness (QED) is 0.783. The van der Waals surface area contributed by atoms with E-state index in [0.717, 1.165) is 6.26 Å². The van der Waals surface area contributed by atoms with E-state index in [-0.39, 0.29) is 10.5 Å². The van der Waals surface area contributed by atoms with E-state index in [9.17, 15) is 13.2 Å². The first-order valence-corrected chi connectivity index (χ1v) is 6.96. The highest BCUT2D eigenvalue weighted by atomic mass is 35.5. The second kappa shape index (κ2) is 4.09. The molecule has 2 rings (SSSR count). The zero-order chi connectivity index (χ0) is 12.6. The van der Waals surface area contributed by atoms with Crippen LogP contribution in [0.25, 0.3) is 10.9 Å². The molecule has 2 aromatic rings. The van der Waals surface area contributed by atoms with E-state index in [1.807, 2.05) is 0 Å². The Balaban J connectivity index is 2.95. The highest BCUT2D eigenvalue weighted by Gasteiger charge is 2.16. The molecule has 0 atom stereocenters. The molecule has 0 saturated heterocycles. The van der Waals surface area contributed by atoms with Crippen molar-refractivity contribution in [1.82, 2.24) is 4.98 Å². The maximum Gasteiger partial charge on any atom is 0.254 e. The molecule has 0 bridgehead atoms. The minimum absolute atomic E-state index is 0.141. The number of benzene rings is 1. The van der Waals surface area contributed by atoms with E-state index in [1.54, 1.807) is 12.1 Å². The smallest absolute Gasteiger partial charge is 0.254 e. The van der Waals surface area contributed by atoms with Crippen molar-refractivity contribution in [2.24, 2.45) is 0 Å². The molecule has 0 unspecified atom stereocenters. The van der Waals surface area contributed by atoms with E-state index >= 15 is 0 Å². The van der Waals surface area contributed by atoms with Gasteiger partial charge in [0.2, 0.25) is 0 Å². The maximum atomic E-state index is 11.6. The van der Waals surface area contributed by atoms with E-state index in [0.29, 0.717) is 10.9 Å². The summed E-state index contributed by atoms with van der Waals surface area (Å²) in [6.07, 6.45) is 2.59. The molecule has 0 saturated carbocycles. The monoisotopic (exact) mass is 269 g/mol. The molecule has 0 amide bonds. The summed E-state index contributed by atoms with van der Waals surface area (Å²) < 4.78 is 23.2. The van der Waals surface area contributed by atoms with Crippen LogP contribution >= 0.6 is 11.6 Å². The van der Waals surface area contributed by atoms with Crippen LogP contribution in [-0.4, -0.2) is 24.9 Å². The molecule has 0 fully saturated rings. The Hall–Kier alpha value is -1.46. The van der Waals surface area contributed by atoms with Crippen LogP contribution in [0, 0.1) is 0 Å². The summed E-state index contributed by atoms with van der Waals surface area (Å²) in [4.78, 5) is 15.3. The third kappa shape index (κ3) is 2.16. The van der Waals surface area contributed by atoms with Gasteiger partial charge < -0.3 is 0 Å². The molecule has 0 radical (unpaired) electrons. The van der Waals surface area contributed by atoms with Gasteiger partial charge in [0.05, 0.1) is 16.0 Å². The highest BCUT2D eigenvalue weighted by molar-refractivity contribution is 7.91. The van der Waals surface area contributed by atoms with Crippen molar-refractivity contribution in [3.63, 3.8) is 0 Å². The maximum absolute atomic E-state index is 11.6. The van der Waals surface area contributed by atoms with Crippen molar-refractivity contribution in [2.45, 2.75) is 4.90 Å². The molecular weight excluding hydrogens is 262 g/mol. The van der Waals surface area contributed by atoms with Crippen molar-refractivity contribution in [3.8, 4) is 0 Å². The Labute approximate surface area is 103 Å². The van der Waals surface area contributed by atoms with Gasteiger partial charge in [-0.25, -0.2) is 8.42 Å². The molecule has 4 nitrogen and oxygen atoms in total. The van der Waals surface area contributed by atoms with Gasteiger partial charge in [-0.3, -0.25) is 9.78 Å². The number of hydrogen-bond donors (Lipinski definition) is 0. The lowest BCUT2D eigenvalue weighted by Crippen LogP contribution is -2.01. The highest BCUT2D eigenvalue weighted by Crippen LogP contribution is 2.25. The summed E-state index contributed by atoms with van der Waals surface area (Å²) in [5.74, 6) is 0.